The van der Waals surface area contributed by atoms with Gasteiger partial charge >= 0.3 is 6.18 Å². The molecular weight excluding hydrogens is 375 g/mol. The van der Waals surface area contributed by atoms with Crippen LogP contribution in [0.2, 0.25) is 0 Å². The predicted molar refractivity (Wildman–Crippen MR) is 95.1 cm³/mol. The number of aryl methyl sites for hydroxylation is 2. The largest absolute Gasteiger partial charge is 0.435 e. The first kappa shape index (κ1) is 19.5. The molecule has 0 aliphatic carbocycles. The van der Waals surface area contributed by atoms with Gasteiger partial charge in [0.25, 0.3) is 11.5 Å². The SMILES string of the molecule is Cc1ccc(-n2[nH]c(C(=O)N(C)Cc3cn(C)nc3C(F)(F)F)cc2=O)cc1. The summed E-state index contributed by atoms with van der Waals surface area (Å²) in [7, 11) is 2.73. The van der Waals surface area contributed by atoms with Crippen LogP contribution in [-0.4, -0.2) is 37.4 Å². The van der Waals surface area contributed by atoms with Crippen LogP contribution in [0.1, 0.15) is 27.3 Å². The Labute approximate surface area is 158 Å². The average molecular weight is 393 g/mol. The van der Waals surface area contributed by atoms with E-state index in [0.717, 1.165) is 21.2 Å². The smallest absolute Gasteiger partial charge is 0.336 e. The van der Waals surface area contributed by atoms with E-state index < -0.39 is 23.3 Å². The number of nitrogens with zero attached hydrogens (tertiary/aromatic N) is 4. The van der Waals surface area contributed by atoms with Crippen molar-refractivity contribution in [3.05, 3.63) is 69.4 Å². The van der Waals surface area contributed by atoms with E-state index in [2.05, 4.69) is 10.2 Å². The number of halogens is 3. The van der Waals surface area contributed by atoms with Gasteiger partial charge < -0.3 is 4.90 Å². The van der Waals surface area contributed by atoms with Crippen LogP contribution in [0, 0.1) is 6.92 Å². The average Bonchev–Trinajstić information content (AvgIpc) is 3.17. The Bertz CT molecular complexity index is 1060. The lowest BCUT2D eigenvalue weighted by atomic mass is 10.2. The molecule has 148 valence electrons. The van der Waals surface area contributed by atoms with Crippen LogP contribution in [0.4, 0.5) is 13.2 Å². The number of hydrogen-bond donors (Lipinski definition) is 1. The number of nitrogens with one attached hydrogen (secondary N) is 1. The summed E-state index contributed by atoms with van der Waals surface area (Å²) in [5.74, 6) is -0.611. The van der Waals surface area contributed by atoms with E-state index in [-0.39, 0.29) is 17.8 Å². The van der Waals surface area contributed by atoms with E-state index in [4.69, 9.17) is 0 Å². The molecule has 1 amide bonds. The number of alkyl halides is 3. The Balaban J connectivity index is 1.84. The van der Waals surface area contributed by atoms with Crippen LogP contribution < -0.4 is 5.56 Å². The van der Waals surface area contributed by atoms with Gasteiger partial charge in [0.2, 0.25) is 0 Å². The molecule has 0 radical (unpaired) electrons. The molecule has 2 aromatic heterocycles. The molecule has 0 aliphatic rings. The van der Waals surface area contributed by atoms with E-state index in [0.29, 0.717) is 5.69 Å². The van der Waals surface area contributed by atoms with Gasteiger partial charge in [-0.2, -0.15) is 18.3 Å². The zero-order valence-corrected chi connectivity index (χ0v) is 15.4. The molecule has 2 heterocycles. The molecule has 0 fully saturated rings. The third kappa shape index (κ3) is 3.85. The highest BCUT2D eigenvalue weighted by Gasteiger charge is 2.37. The van der Waals surface area contributed by atoms with Crippen molar-refractivity contribution in [3.63, 3.8) is 0 Å². The van der Waals surface area contributed by atoms with Gasteiger partial charge in [0, 0.05) is 38.5 Å². The molecule has 1 N–H and O–H groups in total. The second-order valence-electron chi connectivity index (χ2n) is 6.51. The van der Waals surface area contributed by atoms with Crippen molar-refractivity contribution in [1.29, 1.82) is 0 Å². The molecule has 0 atom stereocenters. The molecule has 0 bridgehead atoms. The molecule has 10 heteroatoms. The van der Waals surface area contributed by atoms with Gasteiger partial charge in [-0.05, 0) is 19.1 Å². The highest BCUT2D eigenvalue weighted by Crippen LogP contribution is 2.31. The van der Waals surface area contributed by atoms with E-state index in [1.54, 1.807) is 12.1 Å². The fourth-order valence-electron chi connectivity index (χ4n) is 2.82. The Kier molecular flexibility index (Phi) is 4.88. The number of hydrogen-bond acceptors (Lipinski definition) is 3. The predicted octanol–water partition coefficient (Wildman–Crippen LogP) is 2.50. The summed E-state index contributed by atoms with van der Waals surface area (Å²) in [5.41, 5.74) is -0.0877. The van der Waals surface area contributed by atoms with Crippen molar-refractivity contribution >= 4 is 5.91 Å². The van der Waals surface area contributed by atoms with Crippen LogP contribution in [0.15, 0.2) is 41.3 Å². The fourth-order valence-corrected chi connectivity index (χ4v) is 2.82. The zero-order valence-electron chi connectivity index (χ0n) is 15.4. The molecule has 0 saturated heterocycles. The maximum Gasteiger partial charge on any atom is 0.435 e. The molecule has 0 aliphatic heterocycles. The van der Waals surface area contributed by atoms with Crippen molar-refractivity contribution in [2.75, 3.05) is 7.05 Å². The van der Waals surface area contributed by atoms with E-state index in [1.807, 2.05) is 19.1 Å². The van der Waals surface area contributed by atoms with Crippen LogP contribution in [0.5, 0.6) is 0 Å². The molecule has 3 aromatic rings. The van der Waals surface area contributed by atoms with Crippen molar-refractivity contribution in [1.82, 2.24) is 24.5 Å². The molecule has 28 heavy (non-hydrogen) atoms. The first-order valence-corrected chi connectivity index (χ1v) is 8.30. The lowest BCUT2D eigenvalue weighted by molar-refractivity contribution is -0.142. The summed E-state index contributed by atoms with van der Waals surface area (Å²) >= 11 is 0. The van der Waals surface area contributed by atoms with Crippen LogP contribution in [0.25, 0.3) is 5.69 Å². The Hall–Kier alpha value is -3.30. The summed E-state index contributed by atoms with van der Waals surface area (Å²) in [6, 6.07) is 8.19. The number of rotatable bonds is 4. The molecule has 1 aromatic carbocycles. The third-order valence-electron chi connectivity index (χ3n) is 4.17. The summed E-state index contributed by atoms with van der Waals surface area (Å²) < 4.78 is 41.5. The topological polar surface area (TPSA) is 75.9 Å². The van der Waals surface area contributed by atoms with Gasteiger partial charge in [-0.25, -0.2) is 4.68 Å². The second-order valence-corrected chi connectivity index (χ2v) is 6.51. The first-order chi connectivity index (χ1) is 13.1. The summed E-state index contributed by atoms with van der Waals surface area (Å²) in [5, 5.41) is 6.13. The van der Waals surface area contributed by atoms with Gasteiger partial charge in [0.15, 0.2) is 5.69 Å². The number of benzene rings is 1. The van der Waals surface area contributed by atoms with E-state index in [1.165, 1.54) is 25.0 Å². The van der Waals surface area contributed by atoms with Crippen LogP contribution in [0.3, 0.4) is 0 Å². The van der Waals surface area contributed by atoms with E-state index in [9.17, 15) is 22.8 Å². The van der Waals surface area contributed by atoms with Crippen LogP contribution in [-0.2, 0) is 19.8 Å². The summed E-state index contributed by atoms with van der Waals surface area (Å²) in [6.07, 6.45) is -3.41. The fraction of sp³-hybridized carbons (Fsp3) is 0.278. The van der Waals surface area contributed by atoms with Crippen molar-refractivity contribution in [2.24, 2.45) is 7.05 Å². The van der Waals surface area contributed by atoms with Crippen LogP contribution >= 0.6 is 0 Å². The molecule has 0 spiro atoms. The van der Waals surface area contributed by atoms with Gasteiger partial charge in [-0.1, -0.05) is 17.7 Å². The van der Waals surface area contributed by atoms with E-state index >= 15 is 0 Å². The number of aromatic amines is 1. The number of carbonyl (C=O) groups excluding carboxylic acids is 1. The summed E-state index contributed by atoms with van der Waals surface area (Å²) in [4.78, 5) is 25.9. The molecule has 7 nitrogen and oxygen atoms in total. The second kappa shape index (κ2) is 7.02. The maximum atomic E-state index is 13.1. The number of amides is 1. The van der Waals surface area contributed by atoms with Crippen molar-refractivity contribution < 1.29 is 18.0 Å². The Morgan fingerprint density at radius 2 is 1.89 bits per heavy atom. The quantitative estimate of drug-likeness (QED) is 0.740. The molecule has 3 rings (SSSR count). The molecule has 0 saturated carbocycles. The van der Waals surface area contributed by atoms with Gasteiger partial charge in [-0.15, -0.1) is 0 Å². The molecule has 0 unspecified atom stereocenters. The lowest BCUT2D eigenvalue weighted by Gasteiger charge is -2.16. The highest BCUT2D eigenvalue weighted by atomic mass is 19.4. The standard InChI is InChI=1S/C18H18F3N5O2/c1-11-4-6-13(7-5-11)26-15(27)8-14(22-26)17(28)24(2)9-12-10-25(3)23-16(12)18(19,20)21/h4-8,10,22H,9H2,1-3H3. The first-order valence-electron chi connectivity index (χ1n) is 8.30. The number of carbonyl (C=O) groups is 1. The lowest BCUT2D eigenvalue weighted by Crippen LogP contribution is -2.27. The minimum Gasteiger partial charge on any atom is -0.336 e. The summed E-state index contributed by atoms with van der Waals surface area (Å²) in [6.45, 7) is 1.60. The normalized spacial score (nSPS) is 11.6. The molecular formula is C18H18F3N5O2. The third-order valence-corrected chi connectivity index (χ3v) is 4.17. The monoisotopic (exact) mass is 393 g/mol. The Morgan fingerprint density at radius 1 is 1.25 bits per heavy atom. The zero-order chi connectivity index (χ0) is 20.6. The minimum absolute atomic E-state index is 0.0227. The van der Waals surface area contributed by atoms with Crippen molar-refractivity contribution in [3.8, 4) is 5.69 Å². The minimum atomic E-state index is -4.62. The van der Waals surface area contributed by atoms with Gasteiger partial charge in [0.1, 0.15) is 5.69 Å². The Morgan fingerprint density at radius 3 is 2.50 bits per heavy atom. The van der Waals surface area contributed by atoms with Crippen molar-refractivity contribution in [2.45, 2.75) is 19.6 Å². The maximum absolute atomic E-state index is 13.1. The number of H-pyrrole nitrogens is 1. The number of aromatic nitrogens is 4. The highest BCUT2D eigenvalue weighted by molar-refractivity contribution is 5.92. The van der Waals surface area contributed by atoms with Gasteiger partial charge in [-0.3, -0.25) is 19.4 Å². The van der Waals surface area contributed by atoms with Gasteiger partial charge in [0.05, 0.1) is 5.69 Å².